The van der Waals surface area contributed by atoms with Gasteiger partial charge in [-0.25, -0.2) is 0 Å². The summed E-state index contributed by atoms with van der Waals surface area (Å²) in [7, 11) is 1.71. The fraction of sp³-hybridized carbons (Fsp3) is 0.0833. The van der Waals surface area contributed by atoms with Gasteiger partial charge in [-0.2, -0.15) is 0 Å². The Bertz CT molecular complexity index is 747. The first-order chi connectivity index (χ1) is 10.0. The van der Waals surface area contributed by atoms with E-state index in [1.54, 1.807) is 30.3 Å². The van der Waals surface area contributed by atoms with Crippen molar-refractivity contribution in [3.63, 3.8) is 0 Å². The number of nitrogens with zero attached hydrogens (tertiary/aromatic N) is 5. The number of hydrogen-bond donors (Lipinski definition) is 0. The zero-order chi connectivity index (χ0) is 15.0. The molecular weight excluding hydrogens is 298 g/mol. The molecule has 2 aromatic rings. The molecule has 0 amide bonds. The number of hydrogen-bond acceptors (Lipinski definition) is 7. The summed E-state index contributed by atoms with van der Waals surface area (Å²) in [5.74, 6) is 0.543. The van der Waals surface area contributed by atoms with Gasteiger partial charge in [0.15, 0.2) is 5.15 Å². The molecule has 1 aromatic heterocycles. The maximum atomic E-state index is 10.6. The van der Waals surface area contributed by atoms with Crippen LogP contribution in [0.4, 0.5) is 11.4 Å². The Balaban J connectivity index is 1.94. The van der Waals surface area contributed by atoms with Crippen LogP contribution >= 0.6 is 11.6 Å². The summed E-state index contributed by atoms with van der Waals surface area (Å²) >= 11 is 5.77. The van der Waals surface area contributed by atoms with Crippen LogP contribution in [0, 0.1) is 10.1 Å². The van der Waals surface area contributed by atoms with Crippen molar-refractivity contribution in [1.82, 2.24) is 10.2 Å². The third-order valence-corrected chi connectivity index (χ3v) is 3.00. The van der Waals surface area contributed by atoms with E-state index in [2.05, 4.69) is 15.3 Å². The number of anilines is 1. The third-order valence-electron chi connectivity index (χ3n) is 2.82. The van der Waals surface area contributed by atoms with Gasteiger partial charge >= 0.3 is 0 Å². The summed E-state index contributed by atoms with van der Waals surface area (Å²) in [6.07, 6.45) is 0. The standard InChI is InChI=1S/C12H8ClN5O3/c1-17-9-6-10(13)14-15-12(9)21-11(16-17)7-2-4-8(5-3-7)18(19)20/h2-6H,1H3. The maximum absolute atomic E-state index is 10.6. The molecule has 0 saturated heterocycles. The molecular formula is C12H8ClN5O3. The van der Waals surface area contributed by atoms with Gasteiger partial charge in [0.05, 0.1) is 4.92 Å². The highest BCUT2D eigenvalue weighted by molar-refractivity contribution is 6.29. The van der Waals surface area contributed by atoms with E-state index in [4.69, 9.17) is 16.3 Å². The molecule has 8 nitrogen and oxygen atoms in total. The molecule has 0 saturated carbocycles. The lowest BCUT2D eigenvalue weighted by molar-refractivity contribution is -0.384. The van der Waals surface area contributed by atoms with E-state index in [9.17, 15) is 10.1 Å². The van der Waals surface area contributed by atoms with E-state index in [-0.39, 0.29) is 22.6 Å². The van der Waals surface area contributed by atoms with Crippen molar-refractivity contribution >= 4 is 28.9 Å². The van der Waals surface area contributed by atoms with E-state index in [1.807, 2.05) is 0 Å². The Labute approximate surface area is 123 Å². The molecule has 21 heavy (non-hydrogen) atoms. The number of nitro groups is 1. The number of nitro benzene ring substituents is 1. The van der Waals surface area contributed by atoms with Crippen molar-refractivity contribution in [3.8, 4) is 5.88 Å². The minimum Gasteiger partial charge on any atom is -0.415 e. The van der Waals surface area contributed by atoms with E-state index >= 15 is 0 Å². The average molecular weight is 306 g/mol. The van der Waals surface area contributed by atoms with Crippen LogP contribution in [0.25, 0.3) is 0 Å². The predicted molar refractivity (Wildman–Crippen MR) is 75.7 cm³/mol. The second-order valence-electron chi connectivity index (χ2n) is 4.19. The maximum Gasteiger partial charge on any atom is 0.269 e. The Morgan fingerprint density at radius 2 is 2.00 bits per heavy atom. The van der Waals surface area contributed by atoms with Gasteiger partial charge in [0.25, 0.3) is 11.6 Å². The second kappa shape index (κ2) is 4.98. The number of aromatic nitrogens is 2. The van der Waals surface area contributed by atoms with Crippen LogP contribution in [0.2, 0.25) is 5.15 Å². The van der Waals surface area contributed by atoms with Gasteiger partial charge in [0.2, 0.25) is 5.90 Å². The van der Waals surface area contributed by atoms with Gasteiger partial charge < -0.3 is 4.74 Å². The molecule has 0 radical (unpaired) electrons. The lowest BCUT2D eigenvalue weighted by Gasteiger charge is -2.22. The normalized spacial score (nSPS) is 13.2. The molecule has 9 heteroatoms. The molecule has 1 aliphatic heterocycles. The third kappa shape index (κ3) is 2.48. The zero-order valence-corrected chi connectivity index (χ0v) is 11.5. The molecule has 0 N–H and O–H groups in total. The number of hydrazone groups is 1. The monoisotopic (exact) mass is 305 g/mol. The minimum atomic E-state index is -0.470. The summed E-state index contributed by atoms with van der Waals surface area (Å²) in [6, 6.07) is 7.45. The molecule has 0 spiro atoms. The van der Waals surface area contributed by atoms with Gasteiger partial charge in [-0.1, -0.05) is 11.6 Å². The molecule has 0 bridgehead atoms. The Hall–Kier alpha value is -2.74. The number of benzene rings is 1. The largest absolute Gasteiger partial charge is 0.415 e. The molecule has 0 atom stereocenters. The van der Waals surface area contributed by atoms with Crippen molar-refractivity contribution in [2.45, 2.75) is 0 Å². The van der Waals surface area contributed by atoms with Crippen LogP contribution in [0.1, 0.15) is 5.56 Å². The lowest BCUT2D eigenvalue weighted by Crippen LogP contribution is -2.25. The Kier molecular flexibility index (Phi) is 3.15. The number of non-ortho nitro benzene ring substituents is 1. The second-order valence-corrected chi connectivity index (χ2v) is 4.58. The highest BCUT2D eigenvalue weighted by Gasteiger charge is 2.22. The summed E-state index contributed by atoms with van der Waals surface area (Å²) < 4.78 is 5.55. The van der Waals surface area contributed by atoms with Gasteiger partial charge in [0.1, 0.15) is 5.69 Å². The van der Waals surface area contributed by atoms with E-state index in [0.717, 1.165) is 0 Å². The predicted octanol–water partition coefficient (Wildman–Crippen LogP) is 2.23. The summed E-state index contributed by atoms with van der Waals surface area (Å²) in [4.78, 5) is 10.2. The zero-order valence-electron chi connectivity index (χ0n) is 10.7. The first kappa shape index (κ1) is 13.3. The van der Waals surface area contributed by atoms with Crippen LogP contribution in [0.15, 0.2) is 35.4 Å². The van der Waals surface area contributed by atoms with Crippen LogP contribution in [-0.2, 0) is 0 Å². The molecule has 1 aliphatic rings. The van der Waals surface area contributed by atoms with Gasteiger partial charge in [-0.3, -0.25) is 15.1 Å². The first-order valence-electron chi connectivity index (χ1n) is 5.83. The van der Waals surface area contributed by atoms with Crippen molar-refractivity contribution in [3.05, 3.63) is 51.2 Å². The Morgan fingerprint density at radius 1 is 1.29 bits per heavy atom. The fourth-order valence-corrected chi connectivity index (χ4v) is 1.94. The SMILES string of the molecule is CN1N=C(c2ccc([N+](=O)[O-])cc2)Oc2nnc(Cl)cc21. The van der Waals surface area contributed by atoms with E-state index in [1.165, 1.54) is 12.1 Å². The topological polar surface area (TPSA) is 93.8 Å². The van der Waals surface area contributed by atoms with Gasteiger partial charge in [-0.15, -0.1) is 15.3 Å². The fourth-order valence-electron chi connectivity index (χ4n) is 1.80. The molecule has 0 unspecified atom stereocenters. The van der Waals surface area contributed by atoms with Gasteiger partial charge in [0, 0.05) is 30.8 Å². The molecule has 1 aromatic carbocycles. The highest BCUT2D eigenvalue weighted by Crippen LogP contribution is 2.31. The molecule has 0 fully saturated rings. The summed E-state index contributed by atoms with van der Waals surface area (Å²) in [6.45, 7) is 0. The lowest BCUT2D eigenvalue weighted by atomic mass is 10.2. The van der Waals surface area contributed by atoms with Crippen LogP contribution in [0.5, 0.6) is 5.88 Å². The molecule has 2 heterocycles. The number of ether oxygens (including phenoxy) is 1. The smallest absolute Gasteiger partial charge is 0.269 e. The number of halogens is 1. The van der Waals surface area contributed by atoms with Crippen molar-refractivity contribution in [2.24, 2.45) is 5.10 Å². The van der Waals surface area contributed by atoms with Crippen LogP contribution in [-0.4, -0.2) is 28.1 Å². The molecule has 0 aliphatic carbocycles. The number of fused-ring (bicyclic) bond motifs is 1. The van der Waals surface area contributed by atoms with Crippen molar-refractivity contribution in [1.29, 1.82) is 0 Å². The number of rotatable bonds is 2. The van der Waals surface area contributed by atoms with Crippen molar-refractivity contribution in [2.75, 3.05) is 12.1 Å². The molecule has 3 rings (SSSR count). The van der Waals surface area contributed by atoms with E-state index in [0.29, 0.717) is 11.3 Å². The minimum absolute atomic E-state index is 0.00418. The summed E-state index contributed by atoms with van der Waals surface area (Å²) in [5.41, 5.74) is 1.17. The van der Waals surface area contributed by atoms with Crippen LogP contribution in [0.3, 0.4) is 0 Å². The van der Waals surface area contributed by atoms with E-state index < -0.39 is 4.92 Å². The molecule has 106 valence electrons. The van der Waals surface area contributed by atoms with Crippen LogP contribution < -0.4 is 9.75 Å². The summed E-state index contributed by atoms with van der Waals surface area (Å²) in [5, 5.41) is 24.2. The first-order valence-corrected chi connectivity index (χ1v) is 6.20. The van der Waals surface area contributed by atoms with Crippen molar-refractivity contribution < 1.29 is 9.66 Å². The highest BCUT2D eigenvalue weighted by atomic mass is 35.5. The Morgan fingerprint density at radius 3 is 2.67 bits per heavy atom. The average Bonchev–Trinajstić information content (AvgIpc) is 2.48. The van der Waals surface area contributed by atoms with Gasteiger partial charge in [-0.05, 0) is 12.1 Å². The quantitative estimate of drug-likeness (QED) is 0.624.